The van der Waals surface area contributed by atoms with Crippen molar-refractivity contribution in [3.8, 4) is 0 Å². The predicted octanol–water partition coefficient (Wildman–Crippen LogP) is 6.19. The van der Waals surface area contributed by atoms with Crippen LogP contribution >= 0.6 is 11.6 Å². The van der Waals surface area contributed by atoms with E-state index in [1.165, 1.54) is 0 Å². The average molecular weight is 481 g/mol. The van der Waals surface area contributed by atoms with E-state index in [1.54, 1.807) is 0 Å². The van der Waals surface area contributed by atoms with Gasteiger partial charge in [-0.1, -0.05) is 104 Å². The number of hydrogen-bond acceptors (Lipinski definition) is 4. The molecule has 1 fully saturated rings. The van der Waals surface area contributed by atoms with Crippen LogP contribution in [0.5, 0.6) is 0 Å². The molecule has 1 heterocycles. The zero-order chi connectivity index (χ0) is 24.0. The molecular formula is C29H33ClO4. The molecule has 1 aliphatic rings. The Balaban J connectivity index is 1.64. The first kappa shape index (κ1) is 24.9. The topological polar surface area (TPSA) is 47.9 Å². The summed E-state index contributed by atoms with van der Waals surface area (Å²) in [5, 5.41) is 12.6. The highest BCUT2D eigenvalue weighted by molar-refractivity contribution is 6.31. The van der Waals surface area contributed by atoms with Crippen molar-refractivity contribution in [2.24, 2.45) is 5.92 Å². The van der Waals surface area contributed by atoms with Gasteiger partial charge in [0.15, 0.2) is 5.79 Å². The highest BCUT2D eigenvalue weighted by atomic mass is 35.5. The Morgan fingerprint density at radius 3 is 2.00 bits per heavy atom. The summed E-state index contributed by atoms with van der Waals surface area (Å²) in [6, 6.07) is 27.5. The van der Waals surface area contributed by atoms with Crippen LogP contribution in [0.2, 0.25) is 5.02 Å². The Morgan fingerprint density at radius 2 is 1.41 bits per heavy atom. The summed E-state index contributed by atoms with van der Waals surface area (Å²) < 4.78 is 19.3. The molecule has 0 saturated carbocycles. The average Bonchev–Trinajstić information content (AvgIpc) is 2.86. The molecule has 1 aliphatic heterocycles. The van der Waals surface area contributed by atoms with Crippen molar-refractivity contribution in [2.75, 3.05) is 0 Å². The largest absolute Gasteiger partial charge is 0.370 e. The summed E-state index contributed by atoms with van der Waals surface area (Å²) in [7, 11) is 0. The first-order valence-electron chi connectivity index (χ1n) is 11.9. The lowest BCUT2D eigenvalue weighted by molar-refractivity contribution is -0.351. The van der Waals surface area contributed by atoms with E-state index in [0.29, 0.717) is 18.2 Å². The SMILES string of the molecule is CC[C@H]1O[C@@](O)(Cc2ccccc2Cl)[C@H](OCc2ccccc2)[C@@H](OCc2ccccc2)[C@@H]1C. The van der Waals surface area contributed by atoms with Crippen LogP contribution in [0.25, 0.3) is 0 Å². The van der Waals surface area contributed by atoms with Gasteiger partial charge in [0.1, 0.15) is 6.10 Å². The van der Waals surface area contributed by atoms with Crippen molar-refractivity contribution in [2.45, 2.75) is 64.0 Å². The summed E-state index contributed by atoms with van der Waals surface area (Å²) in [4.78, 5) is 0. The second-order valence-corrected chi connectivity index (χ2v) is 9.42. The maximum Gasteiger partial charge on any atom is 0.199 e. The maximum absolute atomic E-state index is 12.0. The van der Waals surface area contributed by atoms with Crippen molar-refractivity contribution >= 4 is 11.6 Å². The molecule has 1 N–H and O–H groups in total. The molecule has 0 amide bonds. The minimum absolute atomic E-state index is 0.0287. The van der Waals surface area contributed by atoms with Gasteiger partial charge in [-0.3, -0.25) is 0 Å². The third-order valence-electron chi connectivity index (χ3n) is 6.56. The van der Waals surface area contributed by atoms with Gasteiger partial charge >= 0.3 is 0 Å². The van der Waals surface area contributed by atoms with Crippen LogP contribution < -0.4 is 0 Å². The van der Waals surface area contributed by atoms with Crippen molar-refractivity contribution in [1.82, 2.24) is 0 Å². The zero-order valence-corrected chi connectivity index (χ0v) is 20.5. The quantitative estimate of drug-likeness (QED) is 0.397. The number of hydrogen-bond donors (Lipinski definition) is 1. The number of ether oxygens (including phenoxy) is 3. The number of rotatable bonds is 9. The molecule has 0 aliphatic carbocycles. The number of aliphatic hydroxyl groups is 1. The van der Waals surface area contributed by atoms with Crippen LogP contribution in [-0.2, 0) is 33.8 Å². The van der Waals surface area contributed by atoms with E-state index in [9.17, 15) is 5.11 Å². The molecule has 0 aromatic heterocycles. The molecule has 34 heavy (non-hydrogen) atoms. The molecule has 0 bridgehead atoms. The van der Waals surface area contributed by atoms with Crippen LogP contribution in [0.4, 0.5) is 0 Å². The van der Waals surface area contributed by atoms with Crippen molar-refractivity contribution in [3.63, 3.8) is 0 Å². The van der Waals surface area contributed by atoms with Crippen LogP contribution in [0.15, 0.2) is 84.9 Å². The van der Waals surface area contributed by atoms with Gasteiger partial charge in [-0.25, -0.2) is 0 Å². The monoisotopic (exact) mass is 480 g/mol. The van der Waals surface area contributed by atoms with Gasteiger partial charge in [-0.15, -0.1) is 0 Å². The highest BCUT2D eigenvalue weighted by Gasteiger charge is 2.53. The van der Waals surface area contributed by atoms with Crippen molar-refractivity contribution in [3.05, 3.63) is 107 Å². The fourth-order valence-electron chi connectivity index (χ4n) is 4.68. The summed E-state index contributed by atoms with van der Waals surface area (Å²) in [5.41, 5.74) is 2.91. The third-order valence-corrected chi connectivity index (χ3v) is 6.93. The Bertz CT molecular complexity index is 1030. The van der Waals surface area contributed by atoms with E-state index >= 15 is 0 Å². The molecule has 0 radical (unpaired) electrons. The standard InChI is InChI=1S/C29H33ClO4/c1-3-26-21(2)27(32-19-22-12-6-4-7-13-22)28(33-20-23-14-8-5-9-15-23)29(31,34-26)18-24-16-10-11-17-25(24)30/h4-17,21,26-28,31H,3,18-20H2,1-2H3/t21-,26-,27+,28-,29+/m1/s1. The first-order chi connectivity index (χ1) is 16.5. The fourth-order valence-corrected chi connectivity index (χ4v) is 4.89. The van der Waals surface area contributed by atoms with Gasteiger partial charge in [-0.05, 0) is 29.2 Å². The maximum atomic E-state index is 12.0. The normalized spacial score (nSPS) is 26.9. The summed E-state index contributed by atoms with van der Waals surface area (Å²) in [6.07, 6.45) is -0.284. The van der Waals surface area contributed by atoms with Gasteiger partial charge < -0.3 is 19.3 Å². The van der Waals surface area contributed by atoms with Gasteiger partial charge in [0.05, 0.1) is 25.4 Å². The molecule has 180 valence electrons. The predicted molar refractivity (Wildman–Crippen MR) is 134 cm³/mol. The Hall–Kier alpha value is -2.21. The number of benzene rings is 3. The van der Waals surface area contributed by atoms with E-state index in [2.05, 4.69) is 13.8 Å². The molecular weight excluding hydrogens is 448 g/mol. The molecule has 4 rings (SSSR count). The molecule has 4 nitrogen and oxygen atoms in total. The Labute approximate surface area is 207 Å². The number of halogens is 1. The van der Waals surface area contributed by atoms with E-state index in [1.807, 2.05) is 84.9 Å². The van der Waals surface area contributed by atoms with Gasteiger partial charge in [0, 0.05) is 17.4 Å². The Morgan fingerprint density at radius 1 is 0.853 bits per heavy atom. The Kier molecular flexibility index (Phi) is 8.41. The first-order valence-corrected chi connectivity index (χ1v) is 12.3. The van der Waals surface area contributed by atoms with Crippen LogP contribution in [-0.4, -0.2) is 29.2 Å². The van der Waals surface area contributed by atoms with Gasteiger partial charge in [0.2, 0.25) is 0 Å². The minimum atomic E-state index is -1.59. The summed E-state index contributed by atoms with van der Waals surface area (Å²) in [5.74, 6) is -1.56. The molecule has 0 unspecified atom stereocenters. The molecule has 5 heteroatoms. The smallest absolute Gasteiger partial charge is 0.199 e. The second kappa shape index (κ2) is 11.5. The van der Waals surface area contributed by atoms with Crippen LogP contribution in [0.1, 0.15) is 37.0 Å². The van der Waals surface area contributed by atoms with E-state index in [0.717, 1.165) is 23.1 Å². The molecule has 1 saturated heterocycles. The second-order valence-electron chi connectivity index (χ2n) is 9.02. The van der Waals surface area contributed by atoms with Crippen LogP contribution in [0.3, 0.4) is 0 Å². The van der Waals surface area contributed by atoms with E-state index < -0.39 is 11.9 Å². The molecule has 3 aromatic carbocycles. The van der Waals surface area contributed by atoms with Crippen molar-refractivity contribution < 1.29 is 19.3 Å². The highest BCUT2D eigenvalue weighted by Crippen LogP contribution is 2.40. The third kappa shape index (κ3) is 5.88. The van der Waals surface area contributed by atoms with Gasteiger partial charge in [0.25, 0.3) is 0 Å². The summed E-state index contributed by atoms with van der Waals surface area (Å²) >= 11 is 6.46. The lowest BCUT2D eigenvalue weighted by atomic mass is 9.82. The molecule has 5 atom stereocenters. The lowest BCUT2D eigenvalue weighted by Crippen LogP contribution is -2.64. The summed E-state index contributed by atoms with van der Waals surface area (Å²) in [6.45, 7) is 4.95. The van der Waals surface area contributed by atoms with Crippen LogP contribution in [0, 0.1) is 5.92 Å². The van der Waals surface area contributed by atoms with Crippen molar-refractivity contribution in [1.29, 1.82) is 0 Å². The minimum Gasteiger partial charge on any atom is -0.370 e. The fraction of sp³-hybridized carbons (Fsp3) is 0.379. The molecule has 0 spiro atoms. The van der Waals surface area contributed by atoms with E-state index in [4.69, 9.17) is 25.8 Å². The van der Waals surface area contributed by atoms with E-state index in [-0.39, 0.29) is 24.5 Å². The van der Waals surface area contributed by atoms with Gasteiger partial charge in [-0.2, -0.15) is 0 Å². The lowest BCUT2D eigenvalue weighted by Gasteiger charge is -2.50. The molecule has 3 aromatic rings. The zero-order valence-electron chi connectivity index (χ0n) is 19.8.